The number of hydrogen-bond acceptors (Lipinski definition) is 5. The molecule has 1 aliphatic rings. The summed E-state index contributed by atoms with van der Waals surface area (Å²) in [7, 11) is 0. The molecule has 1 aromatic carbocycles. The van der Waals surface area contributed by atoms with Crippen molar-refractivity contribution in [3.63, 3.8) is 0 Å². The van der Waals surface area contributed by atoms with E-state index in [0.29, 0.717) is 19.8 Å². The van der Waals surface area contributed by atoms with Gasteiger partial charge in [0.05, 0.1) is 6.10 Å². The van der Waals surface area contributed by atoms with Crippen molar-refractivity contribution < 1.29 is 14.6 Å². The first-order valence-electron chi connectivity index (χ1n) is 7.99. The molecule has 2 unspecified atom stereocenters. The first kappa shape index (κ1) is 15.8. The Kier molecular flexibility index (Phi) is 5.10. The first-order valence-corrected chi connectivity index (χ1v) is 7.99. The maximum atomic E-state index is 10.3. The van der Waals surface area contributed by atoms with E-state index in [2.05, 4.69) is 17.2 Å². The Morgan fingerprint density at radius 1 is 1.09 bits per heavy atom. The third-order valence-corrected chi connectivity index (χ3v) is 4.03. The van der Waals surface area contributed by atoms with Crippen LogP contribution in [0.4, 0.5) is 0 Å². The van der Waals surface area contributed by atoms with Gasteiger partial charge in [-0.1, -0.05) is 13.0 Å². The van der Waals surface area contributed by atoms with Crippen LogP contribution in [0.3, 0.4) is 0 Å². The van der Waals surface area contributed by atoms with E-state index in [1.807, 2.05) is 30.3 Å². The number of aromatic nitrogens is 1. The van der Waals surface area contributed by atoms with Gasteiger partial charge in [0.15, 0.2) is 11.5 Å². The molecule has 1 aromatic heterocycles. The van der Waals surface area contributed by atoms with Crippen LogP contribution >= 0.6 is 0 Å². The Morgan fingerprint density at radius 2 is 1.83 bits per heavy atom. The number of nitrogens with zero attached hydrogens (tertiary/aromatic N) is 1. The van der Waals surface area contributed by atoms with E-state index < -0.39 is 6.10 Å². The lowest BCUT2D eigenvalue weighted by atomic mass is 10.0. The Balaban J connectivity index is 1.66. The smallest absolute Gasteiger partial charge is 0.161 e. The summed E-state index contributed by atoms with van der Waals surface area (Å²) >= 11 is 0. The number of aliphatic hydroxyl groups excluding tert-OH is 1. The van der Waals surface area contributed by atoms with Crippen LogP contribution in [-0.4, -0.2) is 29.8 Å². The fourth-order valence-corrected chi connectivity index (χ4v) is 2.73. The first-order chi connectivity index (χ1) is 11.3. The van der Waals surface area contributed by atoms with Crippen molar-refractivity contribution in [1.29, 1.82) is 0 Å². The molecule has 0 aliphatic carbocycles. The van der Waals surface area contributed by atoms with Crippen LogP contribution < -0.4 is 14.8 Å². The van der Waals surface area contributed by atoms with Crippen molar-refractivity contribution in [3.05, 3.63) is 53.9 Å². The number of nitrogens with one attached hydrogen (secondary N) is 1. The fourth-order valence-electron chi connectivity index (χ4n) is 2.73. The molecular formula is C18H22N2O3. The molecule has 5 nitrogen and oxygen atoms in total. The lowest BCUT2D eigenvalue weighted by Crippen LogP contribution is -2.26. The highest BCUT2D eigenvalue weighted by Gasteiger charge is 2.17. The van der Waals surface area contributed by atoms with E-state index in [1.54, 1.807) is 12.4 Å². The number of aliphatic hydroxyl groups is 1. The molecule has 2 heterocycles. The number of pyridine rings is 1. The van der Waals surface area contributed by atoms with Crippen molar-refractivity contribution >= 4 is 0 Å². The van der Waals surface area contributed by atoms with Crippen LogP contribution in [0.2, 0.25) is 0 Å². The largest absolute Gasteiger partial charge is 0.486 e. The second-order valence-electron chi connectivity index (χ2n) is 5.57. The van der Waals surface area contributed by atoms with Crippen LogP contribution in [0.1, 0.15) is 36.6 Å². The lowest BCUT2D eigenvalue weighted by Gasteiger charge is -2.23. The maximum Gasteiger partial charge on any atom is 0.161 e. The molecule has 3 rings (SSSR count). The Bertz CT molecular complexity index is 633. The van der Waals surface area contributed by atoms with Gasteiger partial charge in [0.2, 0.25) is 0 Å². The predicted octanol–water partition coefficient (Wildman–Crippen LogP) is 2.63. The number of benzene rings is 1. The quantitative estimate of drug-likeness (QED) is 0.858. The standard InChI is InChI=1S/C18H22N2O3/c1-2-15(20-12-16(21)13-5-7-19-8-6-13)14-3-4-17-18(11-14)23-10-9-22-17/h3-8,11,15-16,20-21H,2,9-10,12H2,1H3. The van der Waals surface area contributed by atoms with Crippen LogP contribution in [-0.2, 0) is 0 Å². The van der Waals surface area contributed by atoms with Gasteiger partial charge in [-0.3, -0.25) is 4.98 Å². The molecule has 0 radical (unpaired) electrons. The fraction of sp³-hybridized carbons (Fsp3) is 0.389. The van der Waals surface area contributed by atoms with Gasteiger partial charge >= 0.3 is 0 Å². The van der Waals surface area contributed by atoms with Crippen molar-refractivity contribution in [2.45, 2.75) is 25.5 Å². The summed E-state index contributed by atoms with van der Waals surface area (Å²) in [5.41, 5.74) is 2.00. The lowest BCUT2D eigenvalue weighted by molar-refractivity contribution is 0.167. The zero-order valence-corrected chi connectivity index (χ0v) is 13.2. The van der Waals surface area contributed by atoms with Crippen LogP contribution in [0.25, 0.3) is 0 Å². The molecule has 0 spiro atoms. The average molecular weight is 314 g/mol. The number of ether oxygens (including phenoxy) is 2. The van der Waals surface area contributed by atoms with Gasteiger partial charge in [0.1, 0.15) is 13.2 Å². The SMILES string of the molecule is CCC(NCC(O)c1ccncc1)c1ccc2c(c1)OCCO2. The molecule has 0 amide bonds. The second-order valence-corrected chi connectivity index (χ2v) is 5.57. The van der Waals surface area contributed by atoms with Crippen LogP contribution in [0.5, 0.6) is 11.5 Å². The van der Waals surface area contributed by atoms with Crippen molar-refractivity contribution in [1.82, 2.24) is 10.3 Å². The third kappa shape index (κ3) is 3.81. The van der Waals surface area contributed by atoms with Gasteiger partial charge < -0.3 is 19.9 Å². The maximum absolute atomic E-state index is 10.3. The minimum Gasteiger partial charge on any atom is -0.486 e. The van der Waals surface area contributed by atoms with E-state index in [-0.39, 0.29) is 6.04 Å². The van der Waals surface area contributed by atoms with Gasteiger partial charge in [-0.15, -0.1) is 0 Å². The molecule has 2 atom stereocenters. The summed E-state index contributed by atoms with van der Waals surface area (Å²) in [6.45, 7) is 3.78. The summed E-state index contributed by atoms with van der Waals surface area (Å²) in [5.74, 6) is 1.59. The molecule has 23 heavy (non-hydrogen) atoms. The van der Waals surface area contributed by atoms with Gasteiger partial charge in [0.25, 0.3) is 0 Å². The van der Waals surface area contributed by atoms with Crippen molar-refractivity contribution in [3.8, 4) is 11.5 Å². The Morgan fingerprint density at radius 3 is 2.57 bits per heavy atom. The van der Waals surface area contributed by atoms with E-state index in [4.69, 9.17) is 9.47 Å². The minimum atomic E-state index is -0.552. The van der Waals surface area contributed by atoms with E-state index >= 15 is 0 Å². The van der Waals surface area contributed by atoms with Gasteiger partial charge in [-0.05, 0) is 41.8 Å². The minimum absolute atomic E-state index is 0.155. The van der Waals surface area contributed by atoms with Gasteiger partial charge in [-0.2, -0.15) is 0 Å². The predicted molar refractivity (Wildman–Crippen MR) is 87.7 cm³/mol. The highest BCUT2D eigenvalue weighted by atomic mass is 16.6. The monoisotopic (exact) mass is 314 g/mol. The van der Waals surface area contributed by atoms with Gasteiger partial charge in [0, 0.05) is 25.0 Å². The third-order valence-electron chi connectivity index (χ3n) is 4.03. The van der Waals surface area contributed by atoms with Gasteiger partial charge in [-0.25, -0.2) is 0 Å². The molecule has 1 aliphatic heterocycles. The molecule has 2 aromatic rings. The number of rotatable bonds is 6. The molecule has 0 fully saturated rings. The molecule has 5 heteroatoms. The summed E-state index contributed by atoms with van der Waals surface area (Å²) in [6, 6.07) is 9.84. The average Bonchev–Trinajstić information content (AvgIpc) is 2.62. The molecule has 0 saturated heterocycles. The van der Waals surface area contributed by atoms with Crippen molar-refractivity contribution in [2.24, 2.45) is 0 Å². The molecule has 0 bridgehead atoms. The summed E-state index contributed by atoms with van der Waals surface area (Å²) in [4.78, 5) is 3.97. The van der Waals surface area contributed by atoms with Crippen LogP contribution in [0, 0.1) is 0 Å². The summed E-state index contributed by atoms with van der Waals surface area (Å²) in [5, 5.41) is 13.7. The summed E-state index contributed by atoms with van der Waals surface area (Å²) in [6.07, 6.45) is 3.75. The second kappa shape index (κ2) is 7.44. The molecule has 122 valence electrons. The number of hydrogen-bond donors (Lipinski definition) is 2. The Labute approximate surface area is 136 Å². The van der Waals surface area contributed by atoms with Crippen molar-refractivity contribution in [2.75, 3.05) is 19.8 Å². The topological polar surface area (TPSA) is 63.6 Å². The number of fused-ring (bicyclic) bond motifs is 1. The molecule has 2 N–H and O–H groups in total. The highest BCUT2D eigenvalue weighted by Crippen LogP contribution is 2.33. The zero-order valence-electron chi connectivity index (χ0n) is 13.2. The normalized spacial score (nSPS) is 15.9. The van der Waals surface area contributed by atoms with E-state index in [1.165, 1.54) is 0 Å². The van der Waals surface area contributed by atoms with E-state index in [0.717, 1.165) is 29.0 Å². The van der Waals surface area contributed by atoms with E-state index in [9.17, 15) is 5.11 Å². The van der Waals surface area contributed by atoms with Crippen LogP contribution in [0.15, 0.2) is 42.7 Å². The Hall–Kier alpha value is -2.11. The highest BCUT2D eigenvalue weighted by molar-refractivity contribution is 5.44. The molecule has 0 saturated carbocycles. The summed E-state index contributed by atoms with van der Waals surface area (Å²) < 4.78 is 11.2. The zero-order chi connectivity index (χ0) is 16.1. The molecular weight excluding hydrogens is 292 g/mol.